The van der Waals surface area contributed by atoms with Crippen LogP contribution < -0.4 is 29.3 Å². The first-order chi connectivity index (χ1) is 6.16. The first-order valence-electron chi connectivity index (χ1n) is 4.10. The molecule has 1 N–H and O–H groups in total. The van der Waals surface area contributed by atoms with E-state index in [0.29, 0.717) is 6.04 Å². The van der Waals surface area contributed by atoms with Crippen molar-refractivity contribution in [2.45, 2.75) is 25.9 Å². The molecule has 0 amide bonds. The molecule has 0 aromatic carbocycles. The van der Waals surface area contributed by atoms with Gasteiger partial charge in [-0.2, -0.15) is 0 Å². The number of hydrogen-bond donors (Lipinski definition) is 1. The molecule has 2 heterocycles. The number of carboxylic acids is 1. The van der Waals surface area contributed by atoms with Crippen LogP contribution in [0, 0.1) is 0 Å². The Balaban J connectivity index is 0.000000980. The van der Waals surface area contributed by atoms with Crippen molar-refractivity contribution in [3.05, 3.63) is 15.6 Å². The van der Waals surface area contributed by atoms with Crippen LogP contribution in [-0.4, -0.2) is 17.0 Å². The first kappa shape index (κ1) is 11.7. The van der Waals surface area contributed by atoms with E-state index in [0.717, 1.165) is 23.5 Å². The summed E-state index contributed by atoms with van der Waals surface area (Å²) >= 11 is 1.21. The minimum Gasteiger partial charge on any atom is -0.542 e. The molecule has 4 nitrogen and oxygen atoms in total. The van der Waals surface area contributed by atoms with Crippen molar-refractivity contribution in [2.75, 3.05) is 0 Å². The smallest absolute Gasteiger partial charge is 0.542 e. The third-order valence-electron chi connectivity index (χ3n) is 2.06. The predicted octanol–water partition coefficient (Wildman–Crippen LogP) is -3.46. The van der Waals surface area contributed by atoms with Crippen LogP contribution in [0.3, 0.4) is 0 Å². The van der Waals surface area contributed by atoms with Crippen LogP contribution in [0.5, 0.6) is 0 Å². The Morgan fingerprint density at radius 2 is 2.43 bits per heavy atom. The number of nitrogens with zero attached hydrogens (tertiary/aromatic N) is 1. The summed E-state index contributed by atoms with van der Waals surface area (Å²) in [6.45, 7) is 2.78. The van der Waals surface area contributed by atoms with E-state index in [1.807, 2.05) is 0 Å². The predicted molar refractivity (Wildman–Crippen MR) is 46.5 cm³/mol. The van der Waals surface area contributed by atoms with Gasteiger partial charge in [0.05, 0.1) is 5.69 Å². The summed E-state index contributed by atoms with van der Waals surface area (Å²) in [7, 11) is 0. The largest absolute Gasteiger partial charge is 1.00 e. The van der Waals surface area contributed by atoms with Gasteiger partial charge >= 0.3 is 18.9 Å². The fourth-order valence-corrected chi connectivity index (χ4v) is 2.27. The Morgan fingerprint density at radius 3 is 3.07 bits per heavy atom. The van der Waals surface area contributed by atoms with Crippen LogP contribution in [0.15, 0.2) is 0 Å². The second-order valence-corrected chi connectivity index (χ2v) is 4.25. The van der Waals surface area contributed by atoms with Crippen molar-refractivity contribution >= 4 is 17.3 Å². The van der Waals surface area contributed by atoms with Crippen molar-refractivity contribution in [1.29, 1.82) is 0 Å². The summed E-state index contributed by atoms with van der Waals surface area (Å²) in [5.74, 6) is -1.17. The molecule has 0 spiro atoms. The summed E-state index contributed by atoms with van der Waals surface area (Å²) in [4.78, 5) is 15.6. The Hall–Kier alpha value is -0.343. The topological polar surface area (TPSA) is 65.0 Å². The maximum Gasteiger partial charge on any atom is 1.00 e. The Kier molecular flexibility index (Phi) is 3.73. The SMILES string of the molecule is CC1Cc2nc(C(=O)[O-])sc2CN1.[Li+]. The van der Waals surface area contributed by atoms with Crippen LogP contribution in [0.2, 0.25) is 0 Å². The quantitative estimate of drug-likeness (QED) is 0.483. The van der Waals surface area contributed by atoms with Gasteiger partial charge in [-0.25, -0.2) is 4.98 Å². The van der Waals surface area contributed by atoms with E-state index in [1.165, 1.54) is 11.3 Å². The van der Waals surface area contributed by atoms with Gasteiger partial charge in [0, 0.05) is 23.9 Å². The number of aromatic nitrogens is 1. The third-order valence-corrected chi connectivity index (χ3v) is 3.14. The zero-order chi connectivity index (χ0) is 9.42. The van der Waals surface area contributed by atoms with Crippen LogP contribution >= 0.6 is 11.3 Å². The summed E-state index contributed by atoms with van der Waals surface area (Å²) in [6.07, 6.45) is 0.805. The Labute approximate surface area is 97.9 Å². The molecule has 0 saturated carbocycles. The molecule has 1 unspecified atom stereocenters. The van der Waals surface area contributed by atoms with E-state index in [-0.39, 0.29) is 23.9 Å². The number of nitrogens with one attached hydrogen (secondary N) is 1. The zero-order valence-corrected chi connectivity index (χ0v) is 8.98. The number of carbonyl (C=O) groups excluding carboxylic acids is 1. The number of hydrogen-bond acceptors (Lipinski definition) is 5. The number of carboxylic acid groups (broad SMARTS) is 1. The molecule has 1 aliphatic rings. The molecule has 1 atom stereocenters. The number of thiazole rings is 1. The van der Waals surface area contributed by atoms with Crippen LogP contribution in [0.25, 0.3) is 0 Å². The molecule has 6 heteroatoms. The molecular formula is C8H9LiN2O2S. The van der Waals surface area contributed by atoms with Gasteiger partial charge in [-0.15, -0.1) is 11.3 Å². The monoisotopic (exact) mass is 204 g/mol. The van der Waals surface area contributed by atoms with E-state index < -0.39 is 5.97 Å². The second-order valence-electron chi connectivity index (χ2n) is 3.16. The van der Waals surface area contributed by atoms with Crippen LogP contribution in [0.1, 0.15) is 27.3 Å². The summed E-state index contributed by atoms with van der Waals surface area (Å²) in [5, 5.41) is 13.9. The van der Waals surface area contributed by atoms with Gasteiger partial charge in [0.25, 0.3) is 0 Å². The van der Waals surface area contributed by atoms with E-state index in [1.54, 1.807) is 0 Å². The maximum atomic E-state index is 10.5. The summed E-state index contributed by atoms with van der Waals surface area (Å²) in [6, 6.07) is 0.379. The molecule has 0 radical (unpaired) electrons. The number of carbonyl (C=O) groups is 1. The standard InChI is InChI=1S/C8H10N2O2S.Li/c1-4-2-5-6(3-9-4)13-7(10-5)8(11)12;/h4,9H,2-3H2,1H3,(H,11,12);/q;+1/p-1. The average Bonchev–Trinajstić information content (AvgIpc) is 2.46. The van der Waals surface area contributed by atoms with Gasteiger partial charge in [0.15, 0.2) is 0 Å². The van der Waals surface area contributed by atoms with Crippen molar-refractivity contribution < 1.29 is 28.8 Å². The van der Waals surface area contributed by atoms with Crippen molar-refractivity contribution in [1.82, 2.24) is 10.3 Å². The molecule has 2 rings (SSSR count). The average molecular weight is 204 g/mol. The van der Waals surface area contributed by atoms with E-state index in [2.05, 4.69) is 17.2 Å². The normalized spacial score (nSPS) is 19.6. The Bertz CT molecular complexity index is 353. The van der Waals surface area contributed by atoms with Crippen molar-refractivity contribution in [3.8, 4) is 0 Å². The van der Waals surface area contributed by atoms with Gasteiger partial charge < -0.3 is 15.2 Å². The molecule has 0 fully saturated rings. The molecule has 1 aromatic heterocycles. The molecule has 70 valence electrons. The number of rotatable bonds is 1. The van der Waals surface area contributed by atoms with Crippen molar-refractivity contribution in [3.63, 3.8) is 0 Å². The van der Waals surface area contributed by atoms with E-state index in [9.17, 15) is 9.90 Å². The molecule has 0 bridgehead atoms. The summed E-state index contributed by atoms with van der Waals surface area (Å²) in [5.41, 5.74) is 0.912. The second kappa shape index (κ2) is 4.45. The van der Waals surface area contributed by atoms with Gasteiger partial charge in [-0.05, 0) is 6.92 Å². The van der Waals surface area contributed by atoms with Crippen LogP contribution in [-0.2, 0) is 13.0 Å². The zero-order valence-electron chi connectivity index (χ0n) is 8.16. The molecule has 0 saturated heterocycles. The van der Waals surface area contributed by atoms with E-state index >= 15 is 0 Å². The molecular weight excluding hydrogens is 195 g/mol. The third kappa shape index (κ3) is 2.18. The molecule has 1 aliphatic heterocycles. The maximum absolute atomic E-state index is 10.5. The fourth-order valence-electron chi connectivity index (χ4n) is 1.40. The minimum absolute atomic E-state index is 0. The van der Waals surface area contributed by atoms with Crippen molar-refractivity contribution in [2.24, 2.45) is 0 Å². The van der Waals surface area contributed by atoms with Crippen LogP contribution in [0.4, 0.5) is 0 Å². The Morgan fingerprint density at radius 1 is 1.71 bits per heavy atom. The number of aromatic carboxylic acids is 1. The first-order valence-corrected chi connectivity index (χ1v) is 4.92. The van der Waals surface area contributed by atoms with E-state index in [4.69, 9.17) is 0 Å². The summed E-state index contributed by atoms with van der Waals surface area (Å²) < 4.78 is 0. The van der Waals surface area contributed by atoms with Gasteiger partial charge in [0.2, 0.25) is 0 Å². The molecule has 1 aromatic rings. The molecule has 0 aliphatic carbocycles. The van der Waals surface area contributed by atoms with Gasteiger partial charge in [-0.1, -0.05) is 0 Å². The number of fused-ring (bicyclic) bond motifs is 1. The molecule has 14 heavy (non-hydrogen) atoms. The fraction of sp³-hybridized carbons (Fsp3) is 0.500. The van der Waals surface area contributed by atoms with Gasteiger partial charge in [0.1, 0.15) is 11.0 Å². The van der Waals surface area contributed by atoms with Gasteiger partial charge in [-0.3, -0.25) is 0 Å². The minimum atomic E-state index is -1.17.